The van der Waals surface area contributed by atoms with E-state index < -0.39 is 33.3 Å². The highest BCUT2D eigenvalue weighted by atomic mass is 79.9. The fourth-order valence-electron chi connectivity index (χ4n) is 0.864. The van der Waals surface area contributed by atoms with E-state index >= 15 is 0 Å². The first-order chi connectivity index (χ1) is 6.43. The minimum atomic E-state index is -2.95. The Balaban J connectivity index is 3.44. The fraction of sp³-hybridized carbons (Fsp3) is 0.143. The summed E-state index contributed by atoms with van der Waals surface area (Å²) in [5.41, 5.74) is -1.28. The second-order valence-corrected chi connectivity index (χ2v) is 3.37. The molecule has 2 nitrogen and oxygen atoms in total. The molecular weight excluding hydrogens is 286 g/mol. The first kappa shape index (κ1) is 11.5. The van der Waals surface area contributed by atoms with E-state index in [0.29, 0.717) is 6.07 Å². The summed E-state index contributed by atoms with van der Waals surface area (Å²) < 4.78 is 37.0. The second kappa shape index (κ2) is 4.27. The molecule has 0 fully saturated rings. The number of carbonyl (C=O) groups excluding carboxylic acids is 1. The van der Waals surface area contributed by atoms with Gasteiger partial charge in [-0.05, 0) is 27.5 Å². The van der Waals surface area contributed by atoms with Crippen molar-refractivity contribution in [1.82, 2.24) is 4.98 Å². The van der Waals surface area contributed by atoms with Crippen molar-refractivity contribution in [2.75, 3.05) is 0 Å². The van der Waals surface area contributed by atoms with Gasteiger partial charge in [0.2, 0.25) is 5.95 Å². The van der Waals surface area contributed by atoms with E-state index in [4.69, 9.17) is 11.6 Å². The first-order valence-electron chi connectivity index (χ1n) is 3.27. The van der Waals surface area contributed by atoms with E-state index in [0.717, 1.165) is 0 Å². The van der Waals surface area contributed by atoms with Crippen LogP contribution in [-0.2, 0) is 0 Å². The predicted octanol–water partition coefficient (Wildman–Crippen LogP) is 3.30. The molecule has 7 heteroatoms. The van der Waals surface area contributed by atoms with Crippen molar-refractivity contribution in [1.29, 1.82) is 0 Å². The summed E-state index contributed by atoms with van der Waals surface area (Å²) in [4.78, 5) is 13.8. The van der Waals surface area contributed by atoms with Gasteiger partial charge in [0.25, 0.3) is 11.7 Å². The van der Waals surface area contributed by atoms with Crippen molar-refractivity contribution < 1.29 is 18.0 Å². The Labute approximate surface area is 90.2 Å². The lowest BCUT2D eigenvalue weighted by Crippen LogP contribution is -2.03. The van der Waals surface area contributed by atoms with Gasteiger partial charge in [0.05, 0.1) is 11.1 Å². The van der Waals surface area contributed by atoms with Crippen molar-refractivity contribution in [2.45, 2.75) is 6.43 Å². The average molecular weight is 288 g/mol. The predicted molar refractivity (Wildman–Crippen MR) is 47.0 cm³/mol. The number of alkyl halides is 2. The first-order valence-corrected chi connectivity index (χ1v) is 4.44. The molecule has 0 atom stereocenters. The van der Waals surface area contributed by atoms with Crippen LogP contribution in [0.4, 0.5) is 13.2 Å². The molecule has 1 aromatic rings. The third-order valence-corrected chi connectivity index (χ3v) is 2.22. The minimum Gasteiger partial charge on any atom is -0.276 e. The quantitative estimate of drug-likeness (QED) is 0.617. The lowest BCUT2D eigenvalue weighted by molar-refractivity contribution is 0.106. The maximum atomic E-state index is 12.6. The number of carbonyl (C=O) groups is 1. The van der Waals surface area contributed by atoms with Crippen LogP contribution in [0.5, 0.6) is 0 Å². The van der Waals surface area contributed by atoms with Crippen LogP contribution in [0.1, 0.15) is 22.3 Å². The smallest absolute Gasteiger partial charge is 0.267 e. The van der Waals surface area contributed by atoms with Crippen LogP contribution in [0.3, 0.4) is 0 Å². The topological polar surface area (TPSA) is 30.0 Å². The molecule has 1 rings (SSSR count). The molecule has 0 aliphatic rings. The zero-order chi connectivity index (χ0) is 10.9. The summed E-state index contributed by atoms with van der Waals surface area (Å²) >= 11 is 7.63. The number of pyridine rings is 1. The molecule has 0 bridgehead atoms. The second-order valence-electron chi connectivity index (χ2n) is 2.27. The monoisotopic (exact) mass is 287 g/mol. The maximum Gasteiger partial charge on any atom is 0.267 e. The summed E-state index contributed by atoms with van der Waals surface area (Å²) in [6, 6.07) is 0.571. The zero-order valence-electron chi connectivity index (χ0n) is 6.40. The van der Waals surface area contributed by atoms with Crippen molar-refractivity contribution >= 4 is 32.8 Å². The summed E-state index contributed by atoms with van der Waals surface area (Å²) in [6.45, 7) is 0. The van der Waals surface area contributed by atoms with Gasteiger partial charge in [-0.25, -0.2) is 13.8 Å². The van der Waals surface area contributed by atoms with Gasteiger partial charge in [0.15, 0.2) is 0 Å². The third kappa shape index (κ3) is 2.24. The highest BCUT2D eigenvalue weighted by Crippen LogP contribution is 2.30. The molecule has 1 aromatic heterocycles. The Bertz CT molecular complexity index is 385. The molecule has 0 unspecified atom stereocenters. The SMILES string of the molecule is O=C(Cl)c1cc(F)nc(Br)c1C(F)F. The summed E-state index contributed by atoms with van der Waals surface area (Å²) in [7, 11) is 0. The number of rotatable bonds is 2. The van der Waals surface area contributed by atoms with Gasteiger partial charge >= 0.3 is 0 Å². The molecule has 0 aliphatic carbocycles. The van der Waals surface area contributed by atoms with Crippen molar-refractivity contribution in [3.05, 3.63) is 27.7 Å². The van der Waals surface area contributed by atoms with Crippen molar-refractivity contribution in [2.24, 2.45) is 0 Å². The Morgan fingerprint density at radius 3 is 2.57 bits per heavy atom. The van der Waals surface area contributed by atoms with Gasteiger partial charge in [0.1, 0.15) is 4.60 Å². The molecule has 0 aliphatic heterocycles. The van der Waals surface area contributed by atoms with E-state index in [-0.39, 0.29) is 0 Å². The number of aromatic nitrogens is 1. The molecule has 0 saturated carbocycles. The maximum absolute atomic E-state index is 12.6. The van der Waals surface area contributed by atoms with Crippen LogP contribution in [0.15, 0.2) is 10.7 Å². The van der Waals surface area contributed by atoms with E-state index in [9.17, 15) is 18.0 Å². The average Bonchev–Trinajstić information content (AvgIpc) is 2.01. The summed E-state index contributed by atoms with van der Waals surface area (Å²) in [6.07, 6.45) is -2.95. The highest BCUT2D eigenvalue weighted by molar-refractivity contribution is 9.10. The van der Waals surface area contributed by atoms with Crippen LogP contribution in [-0.4, -0.2) is 10.2 Å². The van der Waals surface area contributed by atoms with Crippen LogP contribution < -0.4 is 0 Å². The normalized spacial score (nSPS) is 10.7. The lowest BCUT2D eigenvalue weighted by Gasteiger charge is -2.06. The highest BCUT2D eigenvalue weighted by Gasteiger charge is 2.22. The molecule has 1 heterocycles. The summed E-state index contributed by atoms with van der Waals surface area (Å²) in [5, 5.41) is -1.15. The molecule has 0 saturated heterocycles. The molecular formula is C7H2BrClF3NO. The lowest BCUT2D eigenvalue weighted by atomic mass is 10.1. The molecule has 14 heavy (non-hydrogen) atoms. The number of halogens is 5. The van der Waals surface area contributed by atoms with Crippen molar-refractivity contribution in [3.8, 4) is 0 Å². The fourth-order valence-corrected chi connectivity index (χ4v) is 1.58. The van der Waals surface area contributed by atoms with Gasteiger partial charge in [-0.2, -0.15) is 4.39 Å². The molecule has 0 amide bonds. The van der Waals surface area contributed by atoms with Gasteiger partial charge in [-0.1, -0.05) is 0 Å². The molecule has 0 spiro atoms. The van der Waals surface area contributed by atoms with Crippen molar-refractivity contribution in [3.63, 3.8) is 0 Å². The number of hydrogen-bond acceptors (Lipinski definition) is 2. The Kier molecular flexibility index (Phi) is 3.49. The number of nitrogens with zero attached hydrogens (tertiary/aromatic N) is 1. The van der Waals surface area contributed by atoms with Crippen LogP contribution in [0.25, 0.3) is 0 Å². The van der Waals surface area contributed by atoms with E-state index in [1.165, 1.54) is 0 Å². The molecule has 0 radical (unpaired) electrons. The molecule has 76 valence electrons. The van der Waals surface area contributed by atoms with Gasteiger partial charge in [-0.3, -0.25) is 4.79 Å². The van der Waals surface area contributed by atoms with E-state index in [2.05, 4.69) is 20.9 Å². The standard InChI is InChI=1S/C7H2BrClF3NO/c8-5-4(7(11)12)2(6(9)14)1-3(10)13-5/h1,7H. The molecule has 0 N–H and O–H groups in total. The minimum absolute atomic E-state index is 0.420. The van der Waals surface area contributed by atoms with Gasteiger partial charge < -0.3 is 0 Å². The van der Waals surface area contributed by atoms with E-state index in [1.54, 1.807) is 0 Å². The van der Waals surface area contributed by atoms with Gasteiger partial charge in [0, 0.05) is 6.07 Å². The van der Waals surface area contributed by atoms with Crippen LogP contribution in [0.2, 0.25) is 0 Å². The Morgan fingerprint density at radius 1 is 1.57 bits per heavy atom. The van der Waals surface area contributed by atoms with Crippen LogP contribution >= 0.6 is 27.5 Å². The Morgan fingerprint density at radius 2 is 2.14 bits per heavy atom. The third-order valence-electron chi connectivity index (χ3n) is 1.41. The van der Waals surface area contributed by atoms with E-state index in [1.807, 2.05) is 0 Å². The summed E-state index contributed by atoms with van der Waals surface area (Å²) in [5.74, 6) is -1.05. The number of hydrogen-bond donors (Lipinski definition) is 0. The van der Waals surface area contributed by atoms with Crippen LogP contribution in [0, 0.1) is 5.95 Å². The Hall–Kier alpha value is -0.620. The zero-order valence-corrected chi connectivity index (χ0v) is 8.74. The molecule has 0 aromatic carbocycles. The van der Waals surface area contributed by atoms with Gasteiger partial charge in [-0.15, -0.1) is 0 Å². The largest absolute Gasteiger partial charge is 0.276 e.